The predicted molar refractivity (Wildman–Crippen MR) is 120 cm³/mol. The third-order valence-corrected chi connectivity index (χ3v) is 4.76. The van der Waals surface area contributed by atoms with Gasteiger partial charge in [0, 0.05) is 10.7 Å². The second-order valence-electron chi connectivity index (χ2n) is 6.93. The number of halogens is 1. The summed E-state index contributed by atoms with van der Waals surface area (Å²) in [5, 5.41) is 12.9. The summed E-state index contributed by atoms with van der Waals surface area (Å²) in [4.78, 5) is 12.5. The maximum Gasteiger partial charge on any atom is 0.266 e. The van der Waals surface area contributed by atoms with Gasteiger partial charge in [-0.25, -0.2) is 0 Å². The Labute approximate surface area is 181 Å². The lowest BCUT2D eigenvalue weighted by atomic mass is 10.1. The number of aryl methyl sites for hydroxylation is 2. The Morgan fingerprint density at radius 2 is 1.77 bits per heavy atom. The molecule has 0 unspecified atom stereocenters. The summed E-state index contributed by atoms with van der Waals surface area (Å²) in [6.45, 7) is 4.33. The number of carbonyl (C=O) groups is 1. The summed E-state index contributed by atoms with van der Waals surface area (Å²) in [5.74, 6) is 0.257. The second-order valence-corrected chi connectivity index (χ2v) is 7.36. The number of hydrogen-bond acceptors (Lipinski definition) is 3. The lowest BCUT2D eigenvalue weighted by Crippen LogP contribution is -2.14. The molecule has 0 atom stereocenters. The second kappa shape index (κ2) is 9.78. The van der Waals surface area contributed by atoms with Crippen molar-refractivity contribution in [2.45, 2.75) is 20.5 Å². The van der Waals surface area contributed by atoms with Crippen molar-refractivity contribution in [3.05, 3.63) is 99.6 Å². The van der Waals surface area contributed by atoms with Crippen LogP contribution in [0.4, 0.5) is 5.69 Å². The summed E-state index contributed by atoms with van der Waals surface area (Å²) in [5.41, 5.74) is 4.53. The van der Waals surface area contributed by atoms with Crippen molar-refractivity contribution in [3.8, 4) is 11.8 Å². The van der Waals surface area contributed by atoms with Crippen LogP contribution in [0.5, 0.6) is 5.75 Å². The number of carbonyl (C=O) groups excluding carboxylic acids is 1. The Morgan fingerprint density at radius 1 is 1.07 bits per heavy atom. The molecule has 4 nitrogen and oxygen atoms in total. The summed E-state index contributed by atoms with van der Waals surface area (Å²) in [7, 11) is 0. The summed E-state index contributed by atoms with van der Waals surface area (Å²) >= 11 is 5.88. The number of benzene rings is 3. The zero-order chi connectivity index (χ0) is 21.5. The zero-order valence-corrected chi connectivity index (χ0v) is 17.5. The third-order valence-electron chi connectivity index (χ3n) is 4.51. The SMILES string of the molecule is Cc1ccc(NC(=O)/C(C#N)=C/c2ccc(OCc3ccc(Cl)cc3)cc2)c(C)c1. The molecule has 0 saturated heterocycles. The maximum atomic E-state index is 12.5. The minimum Gasteiger partial charge on any atom is -0.489 e. The van der Waals surface area contributed by atoms with Gasteiger partial charge in [-0.1, -0.05) is 53.6 Å². The van der Waals surface area contributed by atoms with E-state index in [1.54, 1.807) is 30.3 Å². The zero-order valence-electron chi connectivity index (χ0n) is 16.8. The summed E-state index contributed by atoms with van der Waals surface area (Å²) < 4.78 is 5.76. The minimum absolute atomic E-state index is 0.0322. The first-order valence-corrected chi connectivity index (χ1v) is 9.80. The number of hydrogen-bond donors (Lipinski definition) is 1. The molecule has 0 bridgehead atoms. The number of rotatable bonds is 6. The van der Waals surface area contributed by atoms with Gasteiger partial charge in [-0.2, -0.15) is 5.26 Å². The minimum atomic E-state index is -0.437. The largest absolute Gasteiger partial charge is 0.489 e. The number of amides is 1. The van der Waals surface area contributed by atoms with Gasteiger partial charge in [-0.15, -0.1) is 0 Å². The van der Waals surface area contributed by atoms with E-state index in [1.165, 1.54) is 0 Å². The molecule has 5 heteroatoms. The number of nitriles is 1. The molecule has 1 N–H and O–H groups in total. The Bertz CT molecular complexity index is 1110. The first-order valence-electron chi connectivity index (χ1n) is 9.42. The molecule has 0 aromatic heterocycles. The van der Waals surface area contributed by atoms with Gasteiger partial charge in [-0.3, -0.25) is 4.79 Å². The van der Waals surface area contributed by atoms with Gasteiger partial charge in [0.25, 0.3) is 5.91 Å². The molecule has 3 rings (SSSR count). The van der Waals surface area contributed by atoms with Crippen LogP contribution in [0.1, 0.15) is 22.3 Å². The molecule has 0 aliphatic rings. The van der Waals surface area contributed by atoms with Crippen molar-refractivity contribution in [2.24, 2.45) is 0 Å². The summed E-state index contributed by atoms with van der Waals surface area (Å²) in [6, 6.07) is 22.4. The molecule has 0 fully saturated rings. The van der Waals surface area contributed by atoms with Gasteiger partial charge >= 0.3 is 0 Å². The fourth-order valence-electron chi connectivity index (χ4n) is 2.87. The highest BCUT2D eigenvalue weighted by atomic mass is 35.5. The average molecular weight is 417 g/mol. The van der Waals surface area contributed by atoms with Crippen LogP contribution >= 0.6 is 11.6 Å². The van der Waals surface area contributed by atoms with Crippen LogP contribution in [0.3, 0.4) is 0 Å². The van der Waals surface area contributed by atoms with Crippen LogP contribution in [-0.4, -0.2) is 5.91 Å². The van der Waals surface area contributed by atoms with Crippen LogP contribution in [0.2, 0.25) is 5.02 Å². The third kappa shape index (κ3) is 5.73. The highest BCUT2D eigenvalue weighted by Crippen LogP contribution is 2.19. The fourth-order valence-corrected chi connectivity index (χ4v) is 2.99. The van der Waals surface area contributed by atoms with E-state index in [-0.39, 0.29) is 5.57 Å². The van der Waals surface area contributed by atoms with E-state index >= 15 is 0 Å². The molecular formula is C25H21ClN2O2. The standard InChI is InChI=1S/C25H21ClN2O2/c1-17-3-12-24(18(2)13-17)28-25(29)21(15-27)14-19-6-10-23(11-7-19)30-16-20-4-8-22(26)9-5-20/h3-14H,16H2,1-2H3,(H,28,29)/b21-14+. The van der Waals surface area contributed by atoms with Crippen LogP contribution in [-0.2, 0) is 11.4 Å². The monoisotopic (exact) mass is 416 g/mol. The molecule has 0 saturated carbocycles. The molecule has 0 aliphatic carbocycles. The molecule has 3 aromatic carbocycles. The predicted octanol–water partition coefficient (Wildman–Crippen LogP) is 6.08. The van der Waals surface area contributed by atoms with E-state index in [2.05, 4.69) is 5.32 Å². The highest BCUT2D eigenvalue weighted by molar-refractivity contribution is 6.30. The van der Waals surface area contributed by atoms with Crippen molar-refractivity contribution < 1.29 is 9.53 Å². The van der Waals surface area contributed by atoms with Crippen molar-refractivity contribution in [3.63, 3.8) is 0 Å². The molecule has 0 heterocycles. The fraction of sp³-hybridized carbons (Fsp3) is 0.120. The van der Waals surface area contributed by atoms with E-state index in [1.807, 2.05) is 62.4 Å². The van der Waals surface area contributed by atoms with Crippen molar-refractivity contribution >= 4 is 29.3 Å². The van der Waals surface area contributed by atoms with Gasteiger partial charge in [-0.05, 0) is 66.9 Å². The van der Waals surface area contributed by atoms with Gasteiger partial charge in [0.05, 0.1) is 0 Å². The van der Waals surface area contributed by atoms with Crippen LogP contribution in [0, 0.1) is 25.2 Å². The number of anilines is 1. The van der Waals surface area contributed by atoms with Gasteiger partial charge in [0.1, 0.15) is 24.0 Å². The molecule has 3 aromatic rings. The normalized spacial score (nSPS) is 10.9. The Hall–Kier alpha value is -3.55. The van der Waals surface area contributed by atoms with Gasteiger partial charge in [0.2, 0.25) is 0 Å². The number of ether oxygens (including phenoxy) is 1. The molecule has 0 spiro atoms. The number of nitrogens with one attached hydrogen (secondary N) is 1. The molecule has 30 heavy (non-hydrogen) atoms. The van der Waals surface area contributed by atoms with E-state index in [9.17, 15) is 10.1 Å². The first-order chi connectivity index (χ1) is 14.4. The highest BCUT2D eigenvalue weighted by Gasteiger charge is 2.11. The van der Waals surface area contributed by atoms with Crippen molar-refractivity contribution in [1.82, 2.24) is 0 Å². The van der Waals surface area contributed by atoms with E-state index in [0.717, 1.165) is 22.3 Å². The first kappa shape index (κ1) is 21.2. The van der Waals surface area contributed by atoms with Gasteiger partial charge in [0.15, 0.2) is 0 Å². The Morgan fingerprint density at radius 3 is 2.40 bits per heavy atom. The maximum absolute atomic E-state index is 12.5. The van der Waals surface area contributed by atoms with Crippen molar-refractivity contribution in [1.29, 1.82) is 5.26 Å². The molecule has 0 aliphatic heterocycles. The molecule has 150 valence electrons. The van der Waals surface area contributed by atoms with E-state index in [4.69, 9.17) is 16.3 Å². The van der Waals surface area contributed by atoms with Crippen LogP contribution in [0.25, 0.3) is 6.08 Å². The van der Waals surface area contributed by atoms with E-state index in [0.29, 0.717) is 23.1 Å². The Kier molecular flexibility index (Phi) is 6.90. The topological polar surface area (TPSA) is 62.1 Å². The van der Waals surface area contributed by atoms with Crippen LogP contribution in [0.15, 0.2) is 72.3 Å². The lowest BCUT2D eigenvalue weighted by molar-refractivity contribution is -0.112. The van der Waals surface area contributed by atoms with Crippen LogP contribution < -0.4 is 10.1 Å². The smallest absolute Gasteiger partial charge is 0.266 e. The van der Waals surface area contributed by atoms with Crippen molar-refractivity contribution in [2.75, 3.05) is 5.32 Å². The quantitative estimate of drug-likeness (QED) is 0.391. The molecule has 1 amide bonds. The molecule has 0 radical (unpaired) electrons. The van der Waals surface area contributed by atoms with Gasteiger partial charge < -0.3 is 10.1 Å². The number of nitrogens with zero attached hydrogens (tertiary/aromatic N) is 1. The average Bonchev–Trinajstić information content (AvgIpc) is 2.74. The summed E-state index contributed by atoms with van der Waals surface area (Å²) in [6.07, 6.45) is 1.56. The Balaban J connectivity index is 1.65. The molecular weight excluding hydrogens is 396 g/mol. The lowest BCUT2D eigenvalue weighted by Gasteiger charge is -2.09. The van der Waals surface area contributed by atoms with E-state index < -0.39 is 5.91 Å².